The first kappa shape index (κ1) is 24.1. The quantitative estimate of drug-likeness (QED) is 0.230. The summed E-state index contributed by atoms with van der Waals surface area (Å²) in [6.07, 6.45) is 3.78. The highest BCUT2D eigenvalue weighted by Crippen LogP contribution is 2.12. The van der Waals surface area contributed by atoms with E-state index in [0.717, 1.165) is 31.0 Å². The van der Waals surface area contributed by atoms with E-state index in [1.54, 1.807) is 25.4 Å². The number of hydrogen-bond acceptors (Lipinski definition) is 5. The topological polar surface area (TPSA) is 78.8 Å². The number of thiazole rings is 1. The van der Waals surface area contributed by atoms with Crippen molar-refractivity contribution in [3.63, 3.8) is 0 Å². The van der Waals surface area contributed by atoms with Crippen molar-refractivity contribution in [2.45, 2.75) is 33.2 Å². The van der Waals surface area contributed by atoms with Crippen LogP contribution in [0, 0.1) is 0 Å². The summed E-state index contributed by atoms with van der Waals surface area (Å²) in [7, 11) is 3.45. The molecule has 144 valence electrons. The highest BCUT2D eigenvalue weighted by molar-refractivity contribution is 14.0. The lowest BCUT2D eigenvalue weighted by molar-refractivity contribution is -0.127. The summed E-state index contributed by atoms with van der Waals surface area (Å²) < 4.78 is 5.32. The molecule has 2 N–H and O–H groups in total. The van der Waals surface area contributed by atoms with Crippen LogP contribution in [-0.4, -0.2) is 62.1 Å². The third kappa shape index (κ3) is 10.6. The number of aryl methyl sites for hydroxylation is 1. The molecule has 1 amide bonds. The van der Waals surface area contributed by atoms with E-state index in [1.807, 2.05) is 13.1 Å². The highest BCUT2D eigenvalue weighted by atomic mass is 127. The molecular weight excluding hydrogens is 453 g/mol. The first-order valence-corrected chi connectivity index (χ1v) is 9.12. The van der Waals surface area contributed by atoms with Gasteiger partial charge < -0.3 is 20.3 Å². The van der Waals surface area contributed by atoms with Crippen molar-refractivity contribution in [3.8, 4) is 0 Å². The van der Waals surface area contributed by atoms with Gasteiger partial charge in [-0.3, -0.25) is 4.79 Å². The van der Waals surface area contributed by atoms with Gasteiger partial charge in [0, 0.05) is 44.9 Å². The monoisotopic (exact) mass is 483 g/mol. The average Bonchev–Trinajstić information content (AvgIpc) is 3.04. The molecule has 1 aromatic heterocycles. The van der Waals surface area contributed by atoms with Crippen molar-refractivity contribution >= 4 is 47.2 Å². The largest absolute Gasteiger partial charge is 0.382 e. The zero-order valence-corrected chi connectivity index (χ0v) is 18.6. The first-order chi connectivity index (χ1) is 11.6. The standard InChI is InChI=1S/C16H29N5O2S.HI/c1-5-13-10-18-14(24-13)11-19-16(17-8-7-9-23-6-2)20-12-15(22)21(3)4;/h10H,5-9,11-12H2,1-4H3,(H2,17,19,20);1H. The zero-order valence-electron chi connectivity index (χ0n) is 15.5. The molecule has 1 aromatic rings. The molecule has 0 fully saturated rings. The van der Waals surface area contributed by atoms with Gasteiger partial charge in [-0.1, -0.05) is 6.92 Å². The molecule has 0 aromatic carbocycles. The van der Waals surface area contributed by atoms with Crippen molar-refractivity contribution < 1.29 is 9.53 Å². The lowest BCUT2D eigenvalue weighted by atomic mass is 10.4. The summed E-state index contributed by atoms with van der Waals surface area (Å²) in [4.78, 5) is 23.2. The van der Waals surface area contributed by atoms with Gasteiger partial charge in [-0.25, -0.2) is 9.98 Å². The maximum atomic E-state index is 11.7. The fourth-order valence-electron chi connectivity index (χ4n) is 1.74. The van der Waals surface area contributed by atoms with Crippen LogP contribution in [0.3, 0.4) is 0 Å². The number of nitrogens with zero attached hydrogens (tertiary/aromatic N) is 3. The van der Waals surface area contributed by atoms with Gasteiger partial charge in [0.05, 0.1) is 6.54 Å². The Balaban J connectivity index is 0.00000576. The number of guanidine groups is 1. The van der Waals surface area contributed by atoms with Gasteiger partial charge in [0.2, 0.25) is 5.91 Å². The average molecular weight is 483 g/mol. The molecule has 0 radical (unpaired) electrons. The van der Waals surface area contributed by atoms with Crippen LogP contribution < -0.4 is 10.6 Å². The summed E-state index contributed by atoms with van der Waals surface area (Å²) in [5.74, 6) is 0.586. The van der Waals surface area contributed by atoms with Crippen LogP contribution in [0.4, 0.5) is 0 Å². The number of likely N-dealkylation sites (N-methyl/N-ethyl adjacent to an activating group) is 1. The zero-order chi connectivity index (χ0) is 17.8. The minimum Gasteiger partial charge on any atom is -0.382 e. The Bertz CT molecular complexity index is 522. The number of nitrogens with one attached hydrogen (secondary N) is 2. The van der Waals surface area contributed by atoms with Gasteiger partial charge in [0.25, 0.3) is 0 Å². The molecule has 1 heterocycles. The molecule has 25 heavy (non-hydrogen) atoms. The van der Waals surface area contributed by atoms with Crippen molar-refractivity contribution in [1.82, 2.24) is 20.5 Å². The highest BCUT2D eigenvalue weighted by Gasteiger charge is 2.06. The van der Waals surface area contributed by atoms with E-state index in [2.05, 4.69) is 27.5 Å². The van der Waals surface area contributed by atoms with E-state index in [1.165, 1.54) is 9.78 Å². The second kappa shape index (κ2) is 14.3. The summed E-state index contributed by atoms with van der Waals surface area (Å²) >= 11 is 1.69. The Hall–Kier alpha value is -0.940. The molecule has 0 spiro atoms. The van der Waals surface area contributed by atoms with E-state index >= 15 is 0 Å². The molecule has 7 nitrogen and oxygen atoms in total. The van der Waals surface area contributed by atoms with E-state index in [4.69, 9.17) is 4.74 Å². The Kier molecular flexibility index (Phi) is 13.7. The normalized spacial score (nSPS) is 11.0. The Morgan fingerprint density at radius 2 is 2.12 bits per heavy atom. The van der Waals surface area contributed by atoms with Crippen LogP contribution in [0.25, 0.3) is 0 Å². The minimum atomic E-state index is -0.0343. The molecule has 0 saturated heterocycles. The lowest BCUT2D eigenvalue weighted by Gasteiger charge is -2.13. The third-order valence-corrected chi connectivity index (χ3v) is 4.33. The summed E-state index contributed by atoms with van der Waals surface area (Å²) in [6.45, 7) is 6.97. The van der Waals surface area contributed by atoms with Gasteiger partial charge in [-0.2, -0.15) is 0 Å². The number of carbonyl (C=O) groups is 1. The smallest absolute Gasteiger partial charge is 0.243 e. The fourth-order valence-corrected chi connectivity index (χ4v) is 2.54. The number of aliphatic imine (C=N–C) groups is 1. The number of ether oxygens (including phenoxy) is 1. The fraction of sp³-hybridized carbons (Fsp3) is 0.688. The molecule has 1 rings (SSSR count). The molecule has 0 atom stereocenters. The van der Waals surface area contributed by atoms with Crippen LogP contribution in [0.2, 0.25) is 0 Å². The van der Waals surface area contributed by atoms with Crippen LogP contribution in [-0.2, 0) is 22.5 Å². The number of halogens is 1. The van der Waals surface area contributed by atoms with Crippen LogP contribution in [0.15, 0.2) is 11.2 Å². The summed E-state index contributed by atoms with van der Waals surface area (Å²) in [6, 6.07) is 0. The van der Waals surface area contributed by atoms with Crippen LogP contribution in [0.1, 0.15) is 30.2 Å². The second-order valence-electron chi connectivity index (χ2n) is 5.36. The van der Waals surface area contributed by atoms with E-state index in [0.29, 0.717) is 19.1 Å². The molecule has 0 bridgehead atoms. The summed E-state index contributed by atoms with van der Waals surface area (Å²) in [5.41, 5.74) is 0. The molecule has 0 aliphatic carbocycles. The van der Waals surface area contributed by atoms with Crippen molar-refractivity contribution in [2.75, 3.05) is 40.4 Å². The predicted molar refractivity (Wildman–Crippen MR) is 114 cm³/mol. The maximum absolute atomic E-state index is 11.7. The molecule has 0 unspecified atom stereocenters. The number of aromatic nitrogens is 1. The SMILES string of the molecule is CCOCCCNC(=NCC(=O)N(C)C)NCc1ncc(CC)s1.I. The summed E-state index contributed by atoms with van der Waals surface area (Å²) in [5, 5.41) is 7.47. The molecule has 0 aliphatic rings. The lowest BCUT2D eigenvalue weighted by Crippen LogP contribution is -2.39. The molecule has 9 heteroatoms. The van der Waals surface area contributed by atoms with Crippen molar-refractivity contribution in [1.29, 1.82) is 0 Å². The number of hydrogen-bond donors (Lipinski definition) is 2. The molecule has 0 saturated carbocycles. The Labute approximate surface area is 171 Å². The van der Waals surface area contributed by atoms with Gasteiger partial charge in [-0.15, -0.1) is 35.3 Å². The number of carbonyl (C=O) groups excluding carboxylic acids is 1. The van der Waals surface area contributed by atoms with Crippen molar-refractivity contribution in [2.24, 2.45) is 4.99 Å². The van der Waals surface area contributed by atoms with E-state index in [-0.39, 0.29) is 36.4 Å². The van der Waals surface area contributed by atoms with Gasteiger partial charge in [-0.05, 0) is 19.8 Å². The van der Waals surface area contributed by atoms with Gasteiger partial charge in [0.15, 0.2) is 5.96 Å². The van der Waals surface area contributed by atoms with Crippen LogP contribution in [0.5, 0.6) is 0 Å². The van der Waals surface area contributed by atoms with Crippen LogP contribution >= 0.6 is 35.3 Å². The molecule has 0 aliphatic heterocycles. The van der Waals surface area contributed by atoms with E-state index in [9.17, 15) is 4.79 Å². The minimum absolute atomic E-state index is 0. The predicted octanol–water partition coefficient (Wildman–Crippen LogP) is 1.87. The second-order valence-corrected chi connectivity index (χ2v) is 6.56. The van der Waals surface area contributed by atoms with E-state index < -0.39 is 0 Å². The third-order valence-electron chi connectivity index (χ3n) is 3.19. The molecular formula is C16H30IN5O2S. The maximum Gasteiger partial charge on any atom is 0.243 e. The van der Waals surface area contributed by atoms with Gasteiger partial charge in [0.1, 0.15) is 11.6 Å². The van der Waals surface area contributed by atoms with Gasteiger partial charge >= 0.3 is 0 Å². The number of amides is 1. The Morgan fingerprint density at radius 1 is 1.36 bits per heavy atom. The first-order valence-electron chi connectivity index (χ1n) is 8.30. The number of rotatable bonds is 10. The Morgan fingerprint density at radius 3 is 2.72 bits per heavy atom. The van der Waals surface area contributed by atoms with Crippen molar-refractivity contribution in [3.05, 3.63) is 16.1 Å².